The highest BCUT2D eigenvalue weighted by atomic mass is 16.6. The minimum atomic E-state index is -0.782. The number of aliphatic hydroxyl groups excluding tert-OH is 1. The van der Waals surface area contributed by atoms with E-state index in [1.54, 1.807) is 6.92 Å². The Hall–Kier alpha value is -2.18. The number of hydrogen-bond acceptors (Lipinski definition) is 6. The monoisotopic (exact) mass is 516 g/mol. The molecular weight excluding hydrogens is 468 g/mol. The van der Waals surface area contributed by atoms with E-state index < -0.39 is 35.5 Å². The molecule has 2 heterocycles. The van der Waals surface area contributed by atoms with E-state index in [9.17, 15) is 14.7 Å². The number of aliphatic hydroxyl groups is 1. The van der Waals surface area contributed by atoms with Crippen LogP contribution in [0.2, 0.25) is 0 Å². The third-order valence-electron chi connectivity index (χ3n) is 8.42. The van der Waals surface area contributed by atoms with Gasteiger partial charge in [-0.2, -0.15) is 0 Å². The Kier molecular flexibility index (Phi) is 10.6. The van der Waals surface area contributed by atoms with Crippen molar-refractivity contribution in [2.45, 2.75) is 111 Å². The van der Waals surface area contributed by atoms with E-state index in [-0.39, 0.29) is 23.7 Å². The number of ether oxygens (including phenoxy) is 3. The molecule has 0 radical (unpaired) electrons. The van der Waals surface area contributed by atoms with Crippen LogP contribution in [0, 0.1) is 17.8 Å². The molecule has 208 valence electrons. The molecule has 4 rings (SSSR count). The van der Waals surface area contributed by atoms with Gasteiger partial charge in [0.2, 0.25) is 0 Å². The fourth-order valence-electron chi connectivity index (χ4n) is 6.48. The first-order chi connectivity index (χ1) is 17.6. The number of rotatable bonds is 6. The summed E-state index contributed by atoms with van der Waals surface area (Å²) in [6, 6.07) is 9.74. The first-order valence-electron chi connectivity index (χ1n) is 14.0. The zero-order valence-corrected chi connectivity index (χ0v) is 24.3. The molecule has 1 aromatic carbocycles. The highest BCUT2D eigenvalue weighted by Crippen LogP contribution is 2.65. The van der Waals surface area contributed by atoms with Gasteiger partial charge in [0.05, 0.1) is 5.60 Å². The van der Waals surface area contributed by atoms with Gasteiger partial charge in [0.1, 0.15) is 23.9 Å². The first-order valence-corrected chi connectivity index (χ1v) is 14.0. The number of hydrogen-bond donors (Lipinski definition) is 1. The van der Waals surface area contributed by atoms with Crippen LogP contribution in [0.25, 0.3) is 6.08 Å². The molecule has 1 aliphatic carbocycles. The van der Waals surface area contributed by atoms with Crippen LogP contribution in [0.4, 0.5) is 0 Å². The van der Waals surface area contributed by atoms with Gasteiger partial charge < -0.3 is 19.3 Å². The van der Waals surface area contributed by atoms with Crippen LogP contribution >= 0.6 is 0 Å². The Bertz CT molecular complexity index is 940. The lowest BCUT2D eigenvalue weighted by Gasteiger charge is -2.54. The minimum Gasteiger partial charge on any atom is -0.457 e. The van der Waals surface area contributed by atoms with E-state index in [1.165, 1.54) is 0 Å². The van der Waals surface area contributed by atoms with Crippen LogP contribution in [0.5, 0.6) is 0 Å². The van der Waals surface area contributed by atoms with E-state index in [2.05, 4.69) is 20.8 Å². The van der Waals surface area contributed by atoms with Crippen LogP contribution in [0.1, 0.15) is 93.6 Å². The van der Waals surface area contributed by atoms with Crippen LogP contribution in [-0.2, 0) is 23.8 Å². The number of carbonyl (C=O) groups excluding carboxylic acids is 2. The summed E-state index contributed by atoms with van der Waals surface area (Å²) in [4.78, 5) is 25.4. The van der Waals surface area contributed by atoms with Crippen molar-refractivity contribution in [3.05, 3.63) is 41.5 Å². The van der Waals surface area contributed by atoms with E-state index in [1.807, 2.05) is 71.0 Å². The summed E-state index contributed by atoms with van der Waals surface area (Å²) >= 11 is 0. The van der Waals surface area contributed by atoms with Crippen molar-refractivity contribution in [1.82, 2.24) is 0 Å². The highest BCUT2D eigenvalue weighted by molar-refractivity contribution is 5.93. The van der Waals surface area contributed by atoms with Crippen LogP contribution in [-0.4, -0.2) is 46.6 Å². The Balaban J connectivity index is 0.00000115. The van der Waals surface area contributed by atoms with Gasteiger partial charge in [-0.25, -0.2) is 9.59 Å². The molecule has 2 bridgehead atoms. The lowest BCUT2D eigenvalue weighted by Crippen LogP contribution is -2.63. The van der Waals surface area contributed by atoms with Crippen molar-refractivity contribution in [2.75, 3.05) is 6.61 Å². The standard InChI is InChI=1S/C27H36O6.2C2H6/c1-17(2)26-14-22(31-23(29)15-28)25(5,33-26)21-12-11-19(4)27(21,16-26)32-24(30)18(3)13-20-9-7-6-8-10-20;2*1-2/h6-10,13,17,19,21-22,28H,11-12,14-16H2,1-5H3;2*1-2H3/b18-13+;;/t19-,21+,22-,25?,26?,27+;;/m1../s1. The Labute approximate surface area is 223 Å². The maximum atomic E-state index is 13.4. The number of fused-ring (bicyclic) bond motifs is 4. The zero-order valence-electron chi connectivity index (χ0n) is 24.3. The fraction of sp³-hybridized carbons (Fsp3) is 0.677. The third kappa shape index (κ3) is 5.80. The van der Waals surface area contributed by atoms with Crippen LogP contribution < -0.4 is 0 Å². The molecule has 3 aliphatic rings. The summed E-state index contributed by atoms with van der Waals surface area (Å²) in [7, 11) is 0. The number of carbonyl (C=O) groups is 2. The van der Waals surface area contributed by atoms with Gasteiger partial charge in [-0.05, 0) is 50.2 Å². The molecule has 1 N–H and O–H groups in total. The van der Waals surface area contributed by atoms with Crippen molar-refractivity contribution in [2.24, 2.45) is 17.8 Å². The Morgan fingerprint density at radius 1 is 1.14 bits per heavy atom. The zero-order chi connectivity index (χ0) is 28.0. The van der Waals surface area contributed by atoms with Crippen molar-refractivity contribution >= 4 is 18.0 Å². The van der Waals surface area contributed by atoms with Gasteiger partial charge in [-0.3, -0.25) is 0 Å². The minimum absolute atomic E-state index is 0.0978. The molecule has 6 atom stereocenters. The van der Waals surface area contributed by atoms with E-state index in [0.29, 0.717) is 18.4 Å². The molecule has 1 aromatic rings. The average Bonchev–Trinajstić information content (AvgIpc) is 3.34. The summed E-state index contributed by atoms with van der Waals surface area (Å²) in [5.41, 5.74) is -0.536. The molecule has 0 spiro atoms. The average molecular weight is 517 g/mol. The Morgan fingerprint density at radius 3 is 2.32 bits per heavy atom. The Morgan fingerprint density at radius 2 is 1.76 bits per heavy atom. The maximum absolute atomic E-state index is 13.4. The fourth-order valence-corrected chi connectivity index (χ4v) is 6.48. The summed E-state index contributed by atoms with van der Waals surface area (Å²) in [6.07, 6.45) is 4.22. The van der Waals surface area contributed by atoms with E-state index in [4.69, 9.17) is 14.2 Å². The molecule has 0 aromatic heterocycles. The second-order valence-electron chi connectivity index (χ2n) is 10.6. The first kappa shape index (κ1) is 31.0. The molecule has 3 fully saturated rings. The maximum Gasteiger partial charge on any atom is 0.334 e. The van der Waals surface area contributed by atoms with E-state index >= 15 is 0 Å². The molecule has 6 heteroatoms. The highest BCUT2D eigenvalue weighted by Gasteiger charge is 2.73. The molecular formula is C31H48O6. The lowest BCUT2D eigenvalue weighted by molar-refractivity contribution is -0.266. The summed E-state index contributed by atoms with van der Waals surface area (Å²) in [5, 5.41) is 9.28. The molecule has 37 heavy (non-hydrogen) atoms. The predicted octanol–water partition coefficient (Wildman–Crippen LogP) is 6.35. The quantitative estimate of drug-likeness (QED) is 0.350. The van der Waals surface area contributed by atoms with Gasteiger partial charge in [-0.1, -0.05) is 78.8 Å². The van der Waals surface area contributed by atoms with Crippen LogP contribution in [0.15, 0.2) is 35.9 Å². The van der Waals surface area contributed by atoms with Gasteiger partial charge in [0.15, 0.2) is 0 Å². The second kappa shape index (κ2) is 12.6. The SMILES string of the molecule is C/C(=C\c1ccccc1)C(=O)O[C@]12CC3(C(C)C)C[C@@H](OC(=O)CO)C(C)(O3)[C@@H]1CC[C@H]2C.CC.CC. The van der Waals surface area contributed by atoms with Gasteiger partial charge >= 0.3 is 11.9 Å². The summed E-state index contributed by atoms with van der Waals surface area (Å²) in [5.74, 6) is -0.763. The van der Waals surface area contributed by atoms with Crippen molar-refractivity contribution in [3.63, 3.8) is 0 Å². The van der Waals surface area contributed by atoms with Crippen molar-refractivity contribution < 1.29 is 28.9 Å². The van der Waals surface area contributed by atoms with Gasteiger partial charge in [0, 0.05) is 24.3 Å². The smallest absolute Gasteiger partial charge is 0.334 e. The lowest BCUT2D eigenvalue weighted by atomic mass is 9.68. The second-order valence-corrected chi connectivity index (χ2v) is 10.6. The van der Waals surface area contributed by atoms with Gasteiger partial charge in [-0.15, -0.1) is 0 Å². The van der Waals surface area contributed by atoms with Crippen LogP contribution in [0.3, 0.4) is 0 Å². The van der Waals surface area contributed by atoms with Gasteiger partial charge in [0.25, 0.3) is 0 Å². The summed E-state index contributed by atoms with van der Waals surface area (Å²) < 4.78 is 18.9. The molecule has 6 nitrogen and oxygen atoms in total. The topological polar surface area (TPSA) is 82.1 Å². The molecule has 1 saturated carbocycles. The molecule has 2 saturated heterocycles. The number of benzene rings is 1. The molecule has 0 amide bonds. The largest absolute Gasteiger partial charge is 0.457 e. The normalized spacial score (nSPS) is 33.9. The molecule has 2 unspecified atom stereocenters. The van der Waals surface area contributed by atoms with Crippen molar-refractivity contribution in [1.29, 1.82) is 0 Å². The van der Waals surface area contributed by atoms with Crippen molar-refractivity contribution in [3.8, 4) is 0 Å². The third-order valence-corrected chi connectivity index (χ3v) is 8.42. The number of esters is 2. The van der Waals surface area contributed by atoms with E-state index in [0.717, 1.165) is 18.4 Å². The predicted molar refractivity (Wildman–Crippen MR) is 147 cm³/mol. The molecule has 2 aliphatic heterocycles. The summed E-state index contributed by atoms with van der Waals surface area (Å²) in [6.45, 7) is 17.5.